The molecule has 4 nitrogen and oxygen atoms in total. The predicted octanol–water partition coefficient (Wildman–Crippen LogP) is 3.74. The number of aliphatic hydroxyl groups excluding tert-OH is 1. The van der Waals surface area contributed by atoms with Crippen LogP contribution in [0.15, 0.2) is 42.0 Å². The van der Waals surface area contributed by atoms with Gasteiger partial charge >= 0.3 is 5.97 Å². The third-order valence-corrected chi connectivity index (χ3v) is 3.67. The molecule has 0 fully saturated rings. The van der Waals surface area contributed by atoms with E-state index in [1.807, 2.05) is 0 Å². The third kappa shape index (κ3) is 3.21. The van der Waals surface area contributed by atoms with E-state index in [0.717, 1.165) is 12.8 Å². The number of unbranched alkanes of at least 4 members (excludes halogenated alkanes) is 2. The van der Waals surface area contributed by atoms with Crippen molar-refractivity contribution >= 4 is 17.5 Å². The van der Waals surface area contributed by atoms with E-state index < -0.39 is 5.97 Å². The van der Waals surface area contributed by atoms with Crippen LogP contribution in [-0.4, -0.2) is 22.0 Å². The van der Waals surface area contributed by atoms with Gasteiger partial charge < -0.3 is 10.2 Å². The Kier molecular flexibility index (Phi) is 4.58. The van der Waals surface area contributed by atoms with Crippen LogP contribution in [0.3, 0.4) is 0 Å². The van der Waals surface area contributed by atoms with Gasteiger partial charge in [-0.2, -0.15) is 0 Å². The third-order valence-electron chi connectivity index (χ3n) is 3.67. The first kappa shape index (κ1) is 15.0. The number of carbonyl (C=O) groups excluding carboxylic acids is 1. The van der Waals surface area contributed by atoms with Crippen LogP contribution in [0.4, 0.5) is 0 Å². The lowest BCUT2D eigenvalue weighted by Crippen LogP contribution is -2.15. The molecule has 0 unspecified atom stereocenters. The Balaban J connectivity index is 2.10. The second-order valence-corrected chi connectivity index (χ2v) is 5.13. The lowest BCUT2D eigenvalue weighted by Gasteiger charge is -2.20. The first-order valence-corrected chi connectivity index (χ1v) is 6.99. The lowest BCUT2D eigenvalue weighted by molar-refractivity contribution is -0.137. The van der Waals surface area contributed by atoms with Gasteiger partial charge in [-0.1, -0.05) is 37.3 Å². The molecule has 1 aromatic carbocycles. The molecule has 1 aliphatic carbocycles. The summed E-state index contributed by atoms with van der Waals surface area (Å²) in [6.07, 6.45) is 2.74. The van der Waals surface area contributed by atoms with Crippen molar-refractivity contribution in [2.45, 2.75) is 32.1 Å². The van der Waals surface area contributed by atoms with Crippen LogP contribution in [0.2, 0.25) is 0 Å². The van der Waals surface area contributed by atoms with Crippen LogP contribution >= 0.6 is 0 Å². The fraction of sp³-hybridized carbons (Fsp3) is 0.294. The number of aliphatic carboxylic acids is 1. The van der Waals surface area contributed by atoms with E-state index in [2.05, 4.69) is 6.58 Å². The minimum atomic E-state index is -0.803. The van der Waals surface area contributed by atoms with Gasteiger partial charge in [0, 0.05) is 28.7 Å². The molecule has 0 saturated carbocycles. The maximum absolute atomic E-state index is 12.2. The van der Waals surface area contributed by atoms with Gasteiger partial charge in [0.1, 0.15) is 5.76 Å². The molecule has 0 heterocycles. The van der Waals surface area contributed by atoms with Crippen LogP contribution in [0.5, 0.6) is 0 Å². The molecule has 0 amide bonds. The molecule has 0 saturated heterocycles. The van der Waals surface area contributed by atoms with Gasteiger partial charge in [-0.05, 0) is 19.3 Å². The molecule has 0 bridgehead atoms. The molecule has 0 spiro atoms. The Morgan fingerprint density at radius 1 is 1.10 bits per heavy atom. The number of benzene rings is 1. The van der Waals surface area contributed by atoms with Crippen molar-refractivity contribution in [1.82, 2.24) is 0 Å². The maximum Gasteiger partial charge on any atom is 0.303 e. The average molecular weight is 286 g/mol. The van der Waals surface area contributed by atoms with E-state index in [9.17, 15) is 14.7 Å². The van der Waals surface area contributed by atoms with Gasteiger partial charge in [-0.3, -0.25) is 9.59 Å². The summed E-state index contributed by atoms with van der Waals surface area (Å²) in [7, 11) is 0. The van der Waals surface area contributed by atoms with Crippen molar-refractivity contribution in [1.29, 1.82) is 0 Å². The Labute approximate surface area is 123 Å². The summed E-state index contributed by atoms with van der Waals surface area (Å²) in [5.41, 5.74) is 1.95. The standard InChI is InChI=1S/C17H18O4/c1-11-12(7-3-2-4-10-15(18)19)17(21)14-9-6-5-8-13(14)16(11)20/h5-6,8-9,21H,1-4,7,10H2,(H,18,19). The van der Waals surface area contributed by atoms with Crippen molar-refractivity contribution in [2.24, 2.45) is 0 Å². The molecule has 0 atom stereocenters. The van der Waals surface area contributed by atoms with Crippen molar-refractivity contribution in [3.8, 4) is 0 Å². The molecule has 2 rings (SSSR count). The zero-order chi connectivity index (χ0) is 15.4. The van der Waals surface area contributed by atoms with Crippen LogP contribution in [-0.2, 0) is 4.79 Å². The first-order chi connectivity index (χ1) is 10.0. The fourth-order valence-corrected chi connectivity index (χ4v) is 2.52. The van der Waals surface area contributed by atoms with E-state index in [1.165, 1.54) is 0 Å². The number of carbonyl (C=O) groups is 2. The van der Waals surface area contributed by atoms with Gasteiger partial charge in [-0.15, -0.1) is 0 Å². The average Bonchev–Trinajstić information content (AvgIpc) is 2.47. The number of hydrogen-bond donors (Lipinski definition) is 2. The molecule has 21 heavy (non-hydrogen) atoms. The number of aliphatic hydroxyl groups is 1. The number of Topliss-reactive ketones (excluding diaryl/α,β-unsaturated/α-hetero) is 1. The predicted molar refractivity (Wildman–Crippen MR) is 80.2 cm³/mol. The van der Waals surface area contributed by atoms with E-state index in [4.69, 9.17) is 5.11 Å². The minimum Gasteiger partial charge on any atom is -0.507 e. The first-order valence-electron chi connectivity index (χ1n) is 6.99. The van der Waals surface area contributed by atoms with Gasteiger partial charge in [0.05, 0.1) is 0 Å². The van der Waals surface area contributed by atoms with Crippen LogP contribution in [0.25, 0.3) is 5.76 Å². The molecule has 1 aliphatic rings. The van der Waals surface area contributed by atoms with Gasteiger partial charge in [0.2, 0.25) is 0 Å². The molecule has 4 heteroatoms. The van der Waals surface area contributed by atoms with Crippen molar-refractivity contribution in [3.63, 3.8) is 0 Å². The SMILES string of the molecule is C=C1C(=O)c2ccccc2C(O)=C1CCCCCC(=O)O. The summed E-state index contributed by atoms with van der Waals surface area (Å²) >= 11 is 0. The zero-order valence-corrected chi connectivity index (χ0v) is 11.8. The van der Waals surface area contributed by atoms with Crippen molar-refractivity contribution in [2.75, 3.05) is 0 Å². The number of rotatable bonds is 6. The van der Waals surface area contributed by atoms with Crippen molar-refractivity contribution in [3.05, 3.63) is 53.1 Å². The Morgan fingerprint density at radius 3 is 2.43 bits per heavy atom. The second-order valence-electron chi connectivity index (χ2n) is 5.13. The highest BCUT2D eigenvalue weighted by atomic mass is 16.4. The number of carboxylic acids is 1. The highest BCUT2D eigenvalue weighted by Gasteiger charge is 2.27. The largest absolute Gasteiger partial charge is 0.507 e. The molecule has 0 radical (unpaired) electrons. The summed E-state index contributed by atoms with van der Waals surface area (Å²) in [4.78, 5) is 22.7. The van der Waals surface area contributed by atoms with Crippen LogP contribution in [0.1, 0.15) is 48.0 Å². The van der Waals surface area contributed by atoms with Gasteiger partial charge in [-0.25, -0.2) is 0 Å². The van der Waals surface area contributed by atoms with Crippen molar-refractivity contribution < 1.29 is 19.8 Å². The Hall–Kier alpha value is -2.36. The highest BCUT2D eigenvalue weighted by molar-refractivity contribution is 6.17. The molecular weight excluding hydrogens is 268 g/mol. The van der Waals surface area contributed by atoms with Gasteiger partial charge in [0.15, 0.2) is 5.78 Å². The number of carboxylic acid groups (broad SMARTS) is 1. The number of hydrogen-bond acceptors (Lipinski definition) is 3. The summed E-state index contributed by atoms with van der Waals surface area (Å²) in [5.74, 6) is -0.833. The Bertz CT molecular complexity index is 625. The van der Waals surface area contributed by atoms with Crippen LogP contribution in [0, 0.1) is 0 Å². The van der Waals surface area contributed by atoms with E-state index in [1.54, 1.807) is 24.3 Å². The normalized spacial score (nSPS) is 14.3. The summed E-state index contributed by atoms with van der Waals surface area (Å²) < 4.78 is 0. The summed E-state index contributed by atoms with van der Waals surface area (Å²) in [6, 6.07) is 6.94. The maximum atomic E-state index is 12.2. The van der Waals surface area contributed by atoms with E-state index >= 15 is 0 Å². The molecular formula is C17H18O4. The molecule has 0 aromatic heterocycles. The number of allylic oxidation sites excluding steroid dienone is 2. The number of fused-ring (bicyclic) bond motifs is 1. The molecule has 110 valence electrons. The van der Waals surface area contributed by atoms with E-state index in [-0.39, 0.29) is 18.0 Å². The van der Waals surface area contributed by atoms with Crippen LogP contribution < -0.4 is 0 Å². The summed E-state index contributed by atoms with van der Waals surface area (Å²) in [6.45, 7) is 3.79. The quantitative estimate of drug-likeness (QED) is 0.617. The van der Waals surface area contributed by atoms with E-state index in [0.29, 0.717) is 35.1 Å². The minimum absolute atomic E-state index is 0.119. The highest BCUT2D eigenvalue weighted by Crippen LogP contribution is 2.34. The second kappa shape index (κ2) is 6.39. The fourth-order valence-electron chi connectivity index (χ4n) is 2.52. The summed E-state index contributed by atoms with van der Waals surface area (Å²) in [5, 5.41) is 18.9. The monoisotopic (exact) mass is 286 g/mol. The molecule has 0 aliphatic heterocycles. The number of ketones is 1. The van der Waals surface area contributed by atoms with Gasteiger partial charge in [0.25, 0.3) is 0 Å². The molecule has 2 N–H and O–H groups in total. The smallest absolute Gasteiger partial charge is 0.303 e. The zero-order valence-electron chi connectivity index (χ0n) is 11.8. The molecule has 1 aromatic rings. The topological polar surface area (TPSA) is 74.6 Å². The Morgan fingerprint density at radius 2 is 1.76 bits per heavy atom. The lowest BCUT2D eigenvalue weighted by atomic mass is 9.84.